The van der Waals surface area contributed by atoms with Gasteiger partial charge < -0.3 is 10.8 Å². The van der Waals surface area contributed by atoms with Gasteiger partial charge in [-0.3, -0.25) is 4.79 Å². The molecule has 1 aromatic heterocycles. The van der Waals surface area contributed by atoms with Crippen LogP contribution < -0.4 is 5.73 Å². The number of rotatable bonds is 7. The molecule has 0 spiro atoms. The van der Waals surface area contributed by atoms with E-state index in [1.54, 1.807) is 17.5 Å². The lowest BCUT2D eigenvalue weighted by Gasteiger charge is -2.11. The van der Waals surface area contributed by atoms with Crippen molar-refractivity contribution in [3.63, 3.8) is 0 Å². The van der Waals surface area contributed by atoms with Gasteiger partial charge >= 0.3 is 5.97 Å². The second-order valence-corrected chi connectivity index (χ2v) is 6.10. The maximum absolute atomic E-state index is 11.0. The van der Waals surface area contributed by atoms with Crippen LogP contribution in [0.3, 0.4) is 0 Å². The van der Waals surface area contributed by atoms with Crippen LogP contribution in [0.1, 0.15) is 35.9 Å². The number of hydrogen-bond donors (Lipinski definition) is 2. The molecule has 0 saturated carbocycles. The minimum absolute atomic E-state index is 0.292. The molecule has 0 aliphatic rings. The summed E-state index contributed by atoms with van der Waals surface area (Å²) in [7, 11) is 0. The molecule has 2 aromatic rings. The maximum Gasteiger partial charge on any atom is 0.306 e. The van der Waals surface area contributed by atoms with Crippen LogP contribution in [0.15, 0.2) is 29.8 Å². The molecule has 112 valence electrons. The van der Waals surface area contributed by atoms with E-state index in [4.69, 9.17) is 10.8 Å². The Hall–Kier alpha value is -1.88. The highest BCUT2D eigenvalue weighted by Crippen LogP contribution is 2.21. The van der Waals surface area contributed by atoms with Crippen LogP contribution in [0.25, 0.3) is 0 Å². The Bertz CT molecular complexity index is 596. The topological polar surface area (TPSA) is 76.2 Å². The van der Waals surface area contributed by atoms with Crippen LogP contribution in [0.2, 0.25) is 0 Å². The first-order valence-corrected chi connectivity index (χ1v) is 7.96. The van der Waals surface area contributed by atoms with Crippen LogP contribution in [-0.4, -0.2) is 16.1 Å². The fraction of sp³-hybridized carbons (Fsp3) is 0.375. The summed E-state index contributed by atoms with van der Waals surface area (Å²) in [5.74, 6) is -1.02. The van der Waals surface area contributed by atoms with Gasteiger partial charge in [0.05, 0.1) is 10.9 Å². The standard InChI is InChI=1S/C16H20N2O2S/c1-2-12(16(19)20)5-6-13-4-3-11(9-14(13)17)10-15-18-7-8-21-15/h3-4,7-9,12H,2,5-6,10,17H2,1H3,(H,19,20). The quantitative estimate of drug-likeness (QED) is 0.769. The van der Waals surface area contributed by atoms with Gasteiger partial charge in [0, 0.05) is 23.7 Å². The van der Waals surface area contributed by atoms with E-state index in [2.05, 4.69) is 11.1 Å². The monoisotopic (exact) mass is 304 g/mol. The number of carbonyl (C=O) groups is 1. The minimum atomic E-state index is -0.725. The van der Waals surface area contributed by atoms with Crippen LogP contribution >= 0.6 is 11.3 Å². The number of benzene rings is 1. The number of hydrogen-bond acceptors (Lipinski definition) is 4. The number of carboxylic acids is 1. The third-order valence-electron chi connectivity index (χ3n) is 3.65. The van der Waals surface area contributed by atoms with E-state index < -0.39 is 5.97 Å². The summed E-state index contributed by atoms with van der Waals surface area (Å²) in [6.07, 6.45) is 4.57. The summed E-state index contributed by atoms with van der Waals surface area (Å²) >= 11 is 1.63. The third kappa shape index (κ3) is 4.29. The minimum Gasteiger partial charge on any atom is -0.481 e. The number of aliphatic carboxylic acids is 1. The summed E-state index contributed by atoms with van der Waals surface area (Å²) in [5.41, 5.74) is 8.99. The fourth-order valence-corrected chi connectivity index (χ4v) is 2.98. The predicted molar refractivity (Wildman–Crippen MR) is 85.5 cm³/mol. The molecule has 4 nitrogen and oxygen atoms in total. The molecule has 0 amide bonds. The maximum atomic E-state index is 11.0. The van der Waals surface area contributed by atoms with E-state index >= 15 is 0 Å². The molecule has 1 heterocycles. The lowest BCUT2D eigenvalue weighted by molar-refractivity contribution is -0.142. The van der Waals surface area contributed by atoms with Crippen molar-refractivity contribution in [1.29, 1.82) is 0 Å². The SMILES string of the molecule is CCC(CCc1ccc(Cc2nccs2)cc1N)C(=O)O. The second kappa shape index (κ2) is 7.22. The average Bonchev–Trinajstić information content (AvgIpc) is 2.94. The summed E-state index contributed by atoms with van der Waals surface area (Å²) < 4.78 is 0. The molecule has 0 saturated heterocycles. The van der Waals surface area contributed by atoms with E-state index in [9.17, 15) is 4.79 Å². The molecule has 0 bridgehead atoms. The van der Waals surface area contributed by atoms with Crippen molar-refractivity contribution < 1.29 is 9.90 Å². The molecule has 1 aromatic carbocycles. The van der Waals surface area contributed by atoms with Gasteiger partial charge in [0.25, 0.3) is 0 Å². The third-order valence-corrected chi connectivity index (χ3v) is 4.43. The van der Waals surface area contributed by atoms with Crippen LogP contribution in [-0.2, 0) is 17.6 Å². The van der Waals surface area contributed by atoms with Crippen LogP contribution in [0.5, 0.6) is 0 Å². The Morgan fingerprint density at radius 2 is 2.29 bits per heavy atom. The molecule has 1 unspecified atom stereocenters. The molecule has 21 heavy (non-hydrogen) atoms. The molecule has 1 atom stereocenters. The lowest BCUT2D eigenvalue weighted by atomic mass is 9.95. The number of aromatic nitrogens is 1. The van der Waals surface area contributed by atoms with Gasteiger partial charge in [-0.25, -0.2) is 4.98 Å². The van der Waals surface area contributed by atoms with Crippen LogP contribution in [0, 0.1) is 5.92 Å². The Morgan fingerprint density at radius 1 is 1.48 bits per heavy atom. The van der Waals surface area contributed by atoms with Gasteiger partial charge in [0.2, 0.25) is 0 Å². The van der Waals surface area contributed by atoms with Gasteiger partial charge in [-0.1, -0.05) is 19.1 Å². The largest absolute Gasteiger partial charge is 0.481 e. The number of anilines is 1. The number of thiazole rings is 1. The first-order valence-electron chi connectivity index (χ1n) is 7.08. The summed E-state index contributed by atoms with van der Waals surface area (Å²) in [6.45, 7) is 1.90. The molecular weight excluding hydrogens is 284 g/mol. The van der Waals surface area contributed by atoms with E-state index in [0.717, 1.165) is 28.2 Å². The van der Waals surface area contributed by atoms with E-state index in [1.807, 2.05) is 24.4 Å². The molecule has 5 heteroatoms. The molecular formula is C16H20N2O2S. The summed E-state index contributed by atoms with van der Waals surface area (Å²) in [4.78, 5) is 15.3. The number of aryl methyl sites for hydroxylation is 1. The predicted octanol–water partition coefficient (Wildman–Crippen LogP) is 3.36. The lowest BCUT2D eigenvalue weighted by Crippen LogP contribution is -2.13. The first-order chi connectivity index (χ1) is 10.1. The van der Waals surface area contributed by atoms with E-state index in [-0.39, 0.29) is 5.92 Å². The fourth-order valence-electron chi connectivity index (χ4n) is 2.33. The molecule has 0 aliphatic heterocycles. The first kappa shape index (κ1) is 15.5. The van der Waals surface area contributed by atoms with Gasteiger partial charge in [-0.15, -0.1) is 11.3 Å². The van der Waals surface area contributed by atoms with Crippen molar-refractivity contribution in [2.45, 2.75) is 32.6 Å². The summed E-state index contributed by atoms with van der Waals surface area (Å²) in [6, 6.07) is 6.03. The Morgan fingerprint density at radius 3 is 2.86 bits per heavy atom. The highest BCUT2D eigenvalue weighted by Gasteiger charge is 2.15. The molecule has 0 radical (unpaired) electrons. The number of carboxylic acid groups (broad SMARTS) is 1. The normalized spacial score (nSPS) is 12.2. The van der Waals surface area contributed by atoms with Crippen LogP contribution in [0.4, 0.5) is 5.69 Å². The van der Waals surface area contributed by atoms with Crippen molar-refractivity contribution in [1.82, 2.24) is 4.98 Å². The number of nitrogens with two attached hydrogens (primary N) is 1. The number of nitrogens with zero attached hydrogens (tertiary/aromatic N) is 1. The Labute approximate surface area is 128 Å². The molecule has 3 N–H and O–H groups in total. The van der Waals surface area contributed by atoms with E-state index in [0.29, 0.717) is 19.3 Å². The molecule has 2 rings (SSSR count). The zero-order valence-electron chi connectivity index (χ0n) is 12.1. The average molecular weight is 304 g/mol. The van der Waals surface area contributed by atoms with Gasteiger partial charge in [0.15, 0.2) is 0 Å². The van der Waals surface area contributed by atoms with Gasteiger partial charge in [-0.2, -0.15) is 0 Å². The smallest absolute Gasteiger partial charge is 0.306 e. The Kier molecular flexibility index (Phi) is 5.33. The summed E-state index contributed by atoms with van der Waals surface area (Å²) in [5, 5.41) is 12.1. The zero-order chi connectivity index (χ0) is 15.2. The second-order valence-electron chi connectivity index (χ2n) is 5.12. The van der Waals surface area contributed by atoms with Crippen molar-refractivity contribution >= 4 is 23.0 Å². The number of nitrogen functional groups attached to an aromatic ring is 1. The zero-order valence-corrected chi connectivity index (χ0v) is 12.9. The van der Waals surface area contributed by atoms with Crippen molar-refractivity contribution in [3.8, 4) is 0 Å². The van der Waals surface area contributed by atoms with Crippen molar-refractivity contribution in [3.05, 3.63) is 45.9 Å². The van der Waals surface area contributed by atoms with Gasteiger partial charge in [0.1, 0.15) is 0 Å². The van der Waals surface area contributed by atoms with Crippen molar-refractivity contribution in [2.24, 2.45) is 5.92 Å². The van der Waals surface area contributed by atoms with E-state index in [1.165, 1.54) is 0 Å². The highest BCUT2D eigenvalue weighted by atomic mass is 32.1. The highest BCUT2D eigenvalue weighted by molar-refractivity contribution is 7.09. The molecule has 0 fully saturated rings. The van der Waals surface area contributed by atoms with Gasteiger partial charge in [-0.05, 0) is 36.5 Å². The van der Waals surface area contributed by atoms with Crippen molar-refractivity contribution in [2.75, 3.05) is 5.73 Å². The Balaban J connectivity index is 2.00. The molecule has 0 aliphatic carbocycles.